The Hall–Kier alpha value is -2.27. The van der Waals surface area contributed by atoms with Crippen molar-refractivity contribution in [3.8, 4) is 0 Å². The van der Waals surface area contributed by atoms with Gasteiger partial charge in [0.1, 0.15) is 6.67 Å². The zero-order chi connectivity index (χ0) is 16.7. The minimum atomic E-state index is -0.847. The molecule has 0 saturated heterocycles. The van der Waals surface area contributed by atoms with Gasteiger partial charge in [0.25, 0.3) is 0 Å². The Morgan fingerprint density at radius 3 is 2.75 bits per heavy atom. The van der Waals surface area contributed by atoms with Crippen LogP contribution in [0.2, 0.25) is 0 Å². The average molecular weight is 328 g/mol. The van der Waals surface area contributed by atoms with Crippen LogP contribution in [0.5, 0.6) is 0 Å². The number of anilines is 1. The molecule has 1 heterocycles. The molecule has 5 heteroatoms. The number of ether oxygens (including phenoxy) is 1. The van der Waals surface area contributed by atoms with E-state index in [-0.39, 0.29) is 11.6 Å². The van der Waals surface area contributed by atoms with Gasteiger partial charge < -0.3 is 9.64 Å². The number of halogens is 2. The summed E-state index contributed by atoms with van der Waals surface area (Å²) in [5.74, 6) is -1.68. The number of fused-ring (bicyclic) bond motifs is 1. The van der Waals surface area contributed by atoms with Gasteiger partial charge in [-0.15, -0.1) is 0 Å². The zero-order valence-electron chi connectivity index (χ0n) is 13.4. The van der Waals surface area contributed by atoms with Gasteiger partial charge in [0.15, 0.2) is 11.6 Å². The maximum Gasteiger partial charge on any atom is 0.160 e. The molecule has 1 saturated carbocycles. The Balaban J connectivity index is 1.51. The summed E-state index contributed by atoms with van der Waals surface area (Å²) in [6.07, 6.45) is 2.49. The van der Waals surface area contributed by atoms with Gasteiger partial charge in [0.2, 0.25) is 0 Å². The van der Waals surface area contributed by atoms with Crippen molar-refractivity contribution in [2.75, 3.05) is 11.6 Å². The van der Waals surface area contributed by atoms with Crippen molar-refractivity contribution < 1.29 is 13.5 Å². The van der Waals surface area contributed by atoms with Crippen LogP contribution in [0.4, 0.5) is 14.5 Å². The van der Waals surface area contributed by atoms with Gasteiger partial charge in [-0.05, 0) is 18.6 Å². The number of rotatable bonds is 4. The van der Waals surface area contributed by atoms with Crippen molar-refractivity contribution in [3.05, 3.63) is 65.2 Å². The molecule has 2 aromatic rings. The molecule has 24 heavy (non-hydrogen) atoms. The van der Waals surface area contributed by atoms with Crippen molar-refractivity contribution in [2.45, 2.75) is 31.6 Å². The van der Waals surface area contributed by atoms with Crippen LogP contribution in [0.3, 0.4) is 0 Å². The molecule has 3 nitrogen and oxygen atoms in total. The molecular weight excluding hydrogens is 310 g/mol. The minimum absolute atomic E-state index is 0.0481. The van der Waals surface area contributed by atoms with Crippen LogP contribution in [-0.2, 0) is 11.3 Å². The fourth-order valence-electron chi connectivity index (χ4n) is 3.23. The third-order valence-electron chi connectivity index (χ3n) is 4.86. The highest BCUT2D eigenvalue weighted by Crippen LogP contribution is 2.48. The predicted molar refractivity (Wildman–Crippen MR) is 89.3 cm³/mol. The molecule has 0 bridgehead atoms. The monoisotopic (exact) mass is 328 g/mol. The molecular formula is C19H18F2N2O. The van der Waals surface area contributed by atoms with E-state index in [0.717, 1.165) is 12.0 Å². The largest absolute Gasteiger partial charge is 0.371 e. The van der Waals surface area contributed by atoms with Crippen molar-refractivity contribution in [3.63, 3.8) is 0 Å². The molecule has 0 aromatic heterocycles. The molecule has 124 valence electrons. The van der Waals surface area contributed by atoms with Crippen LogP contribution < -0.4 is 4.90 Å². The zero-order valence-corrected chi connectivity index (χ0v) is 13.4. The van der Waals surface area contributed by atoms with E-state index in [4.69, 9.17) is 4.74 Å². The second kappa shape index (κ2) is 5.67. The number of benzene rings is 2. The summed E-state index contributed by atoms with van der Waals surface area (Å²) >= 11 is 0. The van der Waals surface area contributed by atoms with Crippen LogP contribution in [0.15, 0.2) is 47.5 Å². The fourth-order valence-corrected chi connectivity index (χ4v) is 3.23. The minimum Gasteiger partial charge on any atom is -0.371 e. The van der Waals surface area contributed by atoms with E-state index in [0.29, 0.717) is 24.5 Å². The maximum absolute atomic E-state index is 13.7. The van der Waals surface area contributed by atoms with E-state index in [9.17, 15) is 8.78 Å². The number of aliphatic imine (C=N–C) groups is 1. The van der Waals surface area contributed by atoms with Crippen LogP contribution in [0, 0.1) is 11.6 Å². The average Bonchev–Trinajstić information content (AvgIpc) is 3.26. The highest BCUT2D eigenvalue weighted by Gasteiger charge is 2.56. The van der Waals surface area contributed by atoms with Crippen molar-refractivity contribution >= 4 is 11.9 Å². The van der Waals surface area contributed by atoms with Crippen molar-refractivity contribution in [1.29, 1.82) is 0 Å². The van der Waals surface area contributed by atoms with Gasteiger partial charge in [-0.2, -0.15) is 0 Å². The lowest BCUT2D eigenvalue weighted by Gasteiger charge is -2.34. The van der Waals surface area contributed by atoms with Gasteiger partial charge in [0, 0.05) is 24.3 Å². The summed E-state index contributed by atoms with van der Waals surface area (Å²) in [6.45, 7) is 3.05. The second-order valence-corrected chi connectivity index (χ2v) is 6.55. The molecule has 1 aliphatic heterocycles. The quantitative estimate of drug-likeness (QED) is 0.850. The summed E-state index contributed by atoms with van der Waals surface area (Å²) in [4.78, 5) is 6.30. The standard InChI is InChI=1S/C19H18F2N2O/c1-19(9-18(19)24-11-13-5-3-2-4-6-13)23-12-22-10-14-7-15(20)16(21)8-17(14)23/h2-8,10,18H,9,11-12H2,1H3. The highest BCUT2D eigenvalue weighted by molar-refractivity contribution is 5.90. The van der Waals surface area contributed by atoms with Gasteiger partial charge >= 0.3 is 0 Å². The Kier molecular flexibility index (Phi) is 3.61. The highest BCUT2D eigenvalue weighted by atomic mass is 19.2. The molecule has 4 rings (SSSR count). The molecule has 2 unspecified atom stereocenters. The smallest absolute Gasteiger partial charge is 0.160 e. The molecule has 2 aromatic carbocycles. The number of hydrogen-bond donors (Lipinski definition) is 0. The van der Waals surface area contributed by atoms with Crippen LogP contribution in [0.25, 0.3) is 0 Å². The van der Waals surface area contributed by atoms with Crippen LogP contribution >= 0.6 is 0 Å². The molecule has 0 radical (unpaired) electrons. The Bertz CT molecular complexity index is 793. The summed E-state index contributed by atoms with van der Waals surface area (Å²) in [7, 11) is 0. The van der Waals surface area contributed by atoms with E-state index in [1.807, 2.05) is 35.2 Å². The lowest BCUT2D eigenvalue weighted by Crippen LogP contribution is -2.40. The first-order valence-electron chi connectivity index (χ1n) is 8.00. The van der Waals surface area contributed by atoms with Gasteiger partial charge in [-0.25, -0.2) is 8.78 Å². The second-order valence-electron chi connectivity index (χ2n) is 6.55. The Morgan fingerprint density at radius 1 is 1.21 bits per heavy atom. The van der Waals surface area contributed by atoms with E-state index in [1.165, 1.54) is 12.1 Å². The van der Waals surface area contributed by atoms with Gasteiger partial charge in [-0.3, -0.25) is 4.99 Å². The molecule has 0 spiro atoms. The third kappa shape index (κ3) is 2.59. The molecule has 1 fully saturated rings. The molecule has 0 amide bonds. The number of nitrogens with zero attached hydrogens (tertiary/aromatic N) is 2. The van der Waals surface area contributed by atoms with Crippen molar-refractivity contribution in [2.24, 2.45) is 4.99 Å². The Morgan fingerprint density at radius 2 is 1.96 bits per heavy atom. The predicted octanol–water partition coefficient (Wildman–Crippen LogP) is 3.91. The first-order valence-corrected chi connectivity index (χ1v) is 8.00. The summed E-state index contributed by atoms with van der Waals surface area (Å²) in [5, 5.41) is 0. The lowest BCUT2D eigenvalue weighted by molar-refractivity contribution is 0.0913. The first kappa shape index (κ1) is 15.3. The molecule has 2 atom stereocenters. The topological polar surface area (TPSA) is 24.8 Å². The van der Waals surface area contributed by atoms with E-state index >= 15 is 0 Å². The summed E-state index contributed by atoms with van der Waals surface area (Å²) in [6, 6.07) is 12.5. The molecule has 2 aliphatic rings. The van der Waals surface area contributed by atoms with E-state index < -0.39 is 11.6 Å². The van der Waals surface area contributed by atoms with Crippen LogP contribution in [-0.4, -0.2) is 24.5 Å². The molecule has 0 N–H and O–H groups in total. The Labute approximate surface area is 139 Å². The first-order chi connectivity index (χ1) is 11.6. The van der Waals surface area contributed by atoms with Crippen LogP contribution in [0.1, 0.15) is 24.5 Å². The van der Waals surface area contributed by atoms with Crippen molar-refractivity contribution in [1.82, 2.24) is 0 Å². The summed E-state index contributed by atoms with van der Waals surface area (Å²) in [5.41, 5.74) is 2.16. The number of hydrogen-bond acceptors (Lipinski definition) is 3. The fraction of sp³-hybridized carbons (Fsp3) is 0.316. The van der Waals surface area contributed by atoms with Gasteiger partial charge in [-0.1, -0.05) is 30.3 Å². The normalized spacial score (nSPS) is 24.8. The SMILES string of the molecule is CC1(N2CN=Cc3cc(F)c(F)cc32)CC1OCc1ccccc1. The summed E-state index contributed by atoms with van der Waals surface area (Å²) < 4.78 is 33.1. The van der Waals surface area contributed by atoms with Gasteiger partial charge in [0.05, 0.1) is 23.9 Å². The molecule has 1 aliphatic carbocycles. The maximum atomic E-state index is 13.7. The third-order valence-corrected chi connectivity index (χ3v) is 4.86. The lowest BCUT2D eigenvalue weighted by atomic mass is 10.1. The van der Waals surface area contributed by atoms with E-state index in [2.05, 4.69) is 11.9 Å². The van der Waals surface area contributed by atoms with E-state index in [1.54, 1.807) is 6.21 Å².